The number of pyridine rings is 1. The molecule has 32 heavy (non-hydrogen) atoms. The second kappa shape index (κ2) is 9.49. The van der Waals surface area contributed by atoms with Gasteiger partial charge in [0.2, 0.25) is 0 Å². The number of hydrogen-bond donors (Lipinski definition) is 1. The van der Waals surface area contributed by atoms with Gasteiger partial charge in [0.25, 0.3) is 5.91 Å². The smallest absolute Gasteiger partial charge is 0.339 e. The number of esters is 1. The van der Waals surface area contributed by atoms with Gasteiger partial charge in [-0.15, -0.1) is 0 Å². The summed E-state index contributed by atoms with van der Waals surface area (Å²) in [6.45, 7) is -0.428. The standard InChI is InChI=1S/C25H19ClN2O4/c1-31-19-6-4-5-18(13-19)27-24(29)15-32-25(30)21-14-23(16-9-11-17(26)12-10-16)28-22-8-3-2-7-20(21)22/h2-14H,15H2,1H3,(H,27,29). The largest absolute Gasteiger partial charge is 0.497 e. The second-order valence-corrected chi connectivity index (χ2v) is 7.37. The number of ether oxygens (including phenoxy) is 2. The zero-order valence-corrected chi connectivity index (χ0v) is 17.9. The minimum Gasteiger partial charge on any atom is -0.497 e. The fraction of sp³-hybridized carbons (Fsp3) is 0.0800. The van der Waals surface area contributed by atoms with Crippen LogP contribution in [0.3, 0.4) is 0 Å². The molecule has 4 aromatic rings. The molecule has 0 radical (unpaired) electrons. The van der Waals surface area contributed by atoms with Crippen molar-refractivity contribution in [2.24, 2.45) is 0 Å². The highest BCUT2D eigenvalue weighted by Crippen LogP contribution is 2.26. The lowest BCUT2D eigenvalue weighted by Gasteiger charge is -2.11. The van der Waals surface area contributed by atoms with Crippen molar-refractivity contribution in [1.29, 1.82) is 0 Å². The molecule has 3 aromatic carbocycles. The van der Waals surface area contributed by atoms with Crippen molar-refractivity contribution in [2.45, 2.75) is 0 Å². The maximum absolute atomic E-state index is 12.9. The molecule has 0 spiro atoms. The monoisotopic (exact) mass is 446 g/mol. The van der Waals surface area contributed by atoms with Crippen LogP contribution in [0.5, 0.6) is 5.75 Å². The number of halogens is 1. The summed E-state index contributed by atoms with van der Waals surface area (Å²) in [5, 5.41) is 3.93. The summed E-state index contributed by atoms with van der Waals surface area (Å²) in [5.74, 6) is -0.458. The number of hydrogen-bond acceptors (Lipinski definition) is 5. The van der Waals surface area contributed by atoms with Crippen molar-refractivity contribution in [3.05, 3.63) is 89.4 Å². The summed E-state index contributed by atoms with van der Waals surface area (Å²) in [6, 6.07) is 23.0. The van der Waals surface area contributed by atoms with Crippen molar-refractivity contribution in [3.63, 3.8) is 0 Å². The van der Waals surface area contributed by atoms with Crippen molar-refractivity contribution >= 4 is 40.1 Å². The summed E-state index contributed by atoms with van der Waals surface area (Å²) < 4.78 is 10.4. The third-order valence-electron chi connectivity index (χ3n) is 4.76. The van der Waals surface area contributed by atoms with Gasteiger partial charge in [-0.25, -0.2) is 9.78 Å². The predicted molar refractivity (Wildman–Crippen MR) is 124 cm³/mol. The van der Waals surface area contributed by atoms with Crippen LogP contribution in [0.4, 0.5) is 5.69 Å². The summed E-state index contributed by atoms with van der Waals surface area (Å²) in [5.41, 5.74) is 2.94. The normalized spacial score (nSPS) is 10.6. The zero-order valence-electron chi connectivity index (χ0n) is 17.2. The van der Waals surface area contributed by atoms with Gasteiger partial charge in [0.15, 0.2) is 6.61 Å². The number of nitrogens with zero attached hydrogens (tertiary/aromatic N) is 1. The molecule has 160 valence electrons. The molecule has 7 heteroatoms. The van der Waals surface area contributed by atoms with Gasteiger partial charge in [-0.2, -0.15) is 0 Å². The van der Waals surface area contributed by atoms with E-state index in [1.165, 1.54) is 0 Å². The van der Waals surface area contributed by atoms with Crippen molar-refractivity contribution in [2.75, 3.05) is 19.0 Å². The van der Waals surface area contributed by atoms with Gasteiger partial charge in [-0.05, 0) is 36.4 Å². The predicted octanol–water partition coefficient (Wildman–Crippen LogP) is 5.36. The van der Waals surface area contributed by atoms with Gasteiger partial charge >= 0.3 is 5.97 Å². The quantitative estimate of drug-likeness (QED) is 0.403. The van der Waals surface area contributed by atoms with Crippen LogP contribution in [0.25, 0.3) is 22.2 Å². The molecule has 1 heterocycles. The highest BCUT2D eigenvalue weighted by atomic mass is 35.5. The van der Waals surface area contributed by atoms with Crippen LogP contribution in [0, 0.1) is 0 Å². The Morgan fingerprint density at radius 3 is 2.53 bits per heavy atom. The molecule has 0 aliphatic carbocycles. The number of nitrogens with one attached hydrogen (secondary N) is 1. The average molecular weight is 447 g/mol. The Morgan fingerprint density at radius 2 is 1.75 bits per heavy atom. The van der Waals surface area contributed by atoms with Gasteiger partial charge in [-0.1, -0.05) is 48.0 Å². The van der Waals surface area contributed by atoms with Crippen LogP contribution in [0.2, 0.25) is 5.02 Å². The molecule has 6 nitrogen and oxygen atoms in total. The Bertz CT molecular complexity index is 1290. The van der Waals surface area contributed by atoms with Gasteiger partial charge in [0.1, 0.15) is 5.75 Å². The third-order valence-corrected chi connectivity index (χ3v) is 5.02. The number of amides is 1. The Balaban J connectivity index is 1.54. The van der Waals surface area contributed by atoms with E-state index in [4.69, 9.17) is 21.1 Å². The molecule has 0 atom stereocenters. The number of methoxy groups -OCH3 is 1. The van der Waals surface area contributed by atoms with E-state index in [9.17, 15) is 9.59 Å². The SMILES string of the molecule is COc1cccc(NC(=O)COC(=O)c2cc(-c3ccc(Cl)cc3)nc3ccccc23)c1. The molecule has 0 saturated carbocycles. The number of rotatable bonds is 6. The molecule has 0 unspecified atom stereocenters. The summed E-state index contributed by atoms with van der Waals surface area (Å²) >= 11 is 5.98. The van der Waals surface area contributed by atoms with Gasteiger partial charge in [0, 0.05) is 27.7 Å². The lowest BCUT2D eigenvalue weighted by Crippen LogP contribution is -2.21. The minimum atomic E-state index is -0.611. The van der Waals surface area contributed by atoms with E-state index in [-0.39, 0.29) is 0 Å². The van der Waals surface area contributed by atoms with Crippen LogP contribution >= 0.6 is 11.6 Å². The fourth-order valence-electron chi connectivity index (χ4n) is 3.22. The summed E-state index contributed by atoms with van der Waals surface area (Å²) in [4.78, 5) is 29.8. The molecule has 1 N–H and O–H groups in total. The van der Waals surface area contributed by atoms with E-state index in [2.05, 4.69) is 10.3 Å². The summed E-state index contributed by atoms with van der Waals surface area (Å²) in [6.07, 6.45) is 0. The molecule has 1 amide bonds. The Morgan fingerprint density at radius 1 is 0.969 bits per heavy atom. The maximum Gasteiger partial charge on any atom is 0.339 e. The number of fused-ring (bicyclic) bond motifs is 1. The molecule has 1 aromatic heterocycles. The number of para-hydroxylation sites is 1. The first-order chi connectivity index (χ1) is 15.5. The van der Waals surface area contributed by atoms with E-state index in [0.717, 1.165) is 5.56 Å². The molecule has 0 bridgehead atoms. The Labute approximate surface area is 189 Å². The molecule has 0 fully saturated rings. The number of carbonyl (C=O) groups excluding carboxylic acids is 2. The Kier molecular flexibility index (Phi) is 6.33. The van der Waals surface area contributed by atoms with Gasteiger partial charge in [-0.3, -0.25) is 4.79 Å². The van der Waals surface area contributed by atoms with Crippen molar-refractivity contribution in [3.8, 4) is 17.0 Å². The summed E-state index contributed by atoms with van der Waals surface area (Å²) in [7, 11) is 1.54. The van der Waals surface area contributed by atoms with Crippen LogP contribution in [-0.2, 0) is 9.53 Å². The first-order valence-electron chi connectivity index (χ1n) is 9.80. The molecule has 0 aliphatic heterocycles. The zero-order chi connectivity index (χ0) is 22.5. The van der Waals surface area contributed by atoms with E-state index in [0.29, 0.717) is 38.6 Å². The van der Waals surface area contributed by atoms with Crippen molar-refractivity contribution < 1.29 is 19.1 Å². The first kappa shape index (κ1) is 21.3. The lowest BCUT2D eigenvalue weighted by atomic mass is 10.0. The molecular formula is C25H19ClN2O4. The maximum atomic E-state index is 12.9. The van der Waals surface area contributed by atoms with Crippen LogP contribution < -0.4 is 10.1 Å². The van der Waals surface area contributed by atoms with E-state index in [1.54, 1.807) is 55.6 Å². The average Bonchev–Trinajstić information content (AvgIpc) is 2.82. The fourth-order valence-corrected chi connectivity index (χ4v) is 3.35. The lowest BCUT2D eigenvalue weighted by molar-refractivity contribution is -0.119. The molecule has 0 saturated heterocycles. The van der Waals surface area contributed by atoms with Crippen molar-refractivity contribution in [1.82, 2.24) is 4.98 Å². The van der Waals surface area contributed by atoms with Gasteiger partial charge in [0.05, 0.1) is 23.9 Å². The van der Waals surface area contributed by atoms with E-state index >= 15 is 0 Å². The first-order valence-corrected chi connectivity index (χ1v) is 10.2. The number of aromatic nitrogens is 1. The number of carbonyl (C=O) groups is 2. The second-order valence-electron chi connectivity index (χ2n) is 6.94. The Hall–Kier alpha value is -3.90. The van der Waals surface area contributed by atoms with Gasteiger partial charge < -0.3 is 14.8 Å². The molecule has 0 aliphatic rings. The highest BCUT2D eigenvalue weighted by molar-refractivity contribution is 6.30. The molecule has 4 rings (SSSR count). The van der Waals surface area contributed by atoms with Crippen LogP contribution in [-0.4, -0.2) is 30.6 Å². The minimum absolute atomic E-state index is 0.328. The number of anilines is 1. The molecular weight excluding hydrogens is 428 g/mol. The van der Waals surface area contributed by atoms with Crippen LogP contribution in [0.1, 0.15) is 10.4 Å². The van der Waals surface area contributed by atoms with Crippen LogP contribution in [0.15, 0.2) is 78.9 Å². The number of benzene rings is 3. The highest BCUT2D eigenvalue weighted by Gasteiger charge is 2.17. The van der Waals surface area contributed by atoms with E-state index in [1.807, 2.05) is 30.3 Å². The third kappa shape index (κ3) is 4.87. The topological polar surface area (TPSA) is 77.5 Å². The van der Waals surface area contributed by atoms with E-state index < -0.39 is 18.5 Å².